The lowest BCUT2D eigenvalue weighted by Crippen LogP contribution is -2.13. The van der Waals surface area contributed by atoms with Gasteiger partial charge in [0.25, 0.3) is 0 Å². The second-order valence-electron chi connectivity index (χ2n) is 3.88. The van der Waals surface area contributed by atoms with Gasteiger partial charge >= 0.3 is 0 Å². The summed E-state index contributed by atoms with van der Waals surface area (Å²) in [6, 6.07) is 0. The van der Waals surface area contributed by atoms with Gasteiger partial charge < -0.3 is 9.84 Å². The van der Waals surface area contributed by atoms with Gasteiger partial charge in [0.05, 0.1) is 6.10 Å². The Morgan fingerprint density at radius 1 is 1.69 bits per heavy atom. The molecule has 1 N–H and O–H groups in total. The van der Waals surface area contributed by atoms with Gasteiger partial charge in [-0.25, -0.2) is 0 Å². The van der Waals surface area contributed by atoms with Crippen molar-refractivity contribution in [1.82, 2.24) is 0 Å². The molecule has 2 nitrogen and oxygen atoms in total. The van der Waals surface area contributed by atoms with Gasteiger partial charge in [0, 0.05) is 13.7 Å². The molecular weight excluding hydrogens is 164 g/mol. The van der Waals surface area contributed by atoms with E-state index in [1.807, 2.05) is 6.08 Å². The van der Waals surface area contributed by atoms with Crippen LogP contribution in [0.2, 0.25) is 0 Å². The predicted molar refractivity (Wildman–Crippen MR) is 53.6 cm³/mol. The zero-order valence-electron chi connectivity index (χ0n) is 8.62. The largest absolute Gasteiger partial charge is 0.389 e. The van der Waals surface area contributed by atoms with E-state index >= 15 is 0 Å². The Hall–Kier alpha value is -0.340. The summed E-state index contributed by atoms with van der Waals surface area (Å²) in [7, 11) is 1.73. The van der Waals surface area contributed by atoms with E-state index in [4.69, 9.17) is 4.74 Å². The minimum Gasteiger partial charge on any atom is -0.389 e. The summed E-state index contributed by atoms with van der Waals surface area (Å²) in [5.41, 5.74) is 1.41. The Morgan fingerprint density at radius 3 is 3.08 bits per heavy atom. The molecule has 1 rings (SSSR count). The quantitative estimate of drug-likeness (QED) is 0.678. The number of rotatable bonds is 4. The summed E-state index contributed by atoms with van der Waals surface area (Å²) in [4.78, 5) is 0. The van der Waals surface area contributed by atoms with Crippen LogP contribution in [0.25, 0.3) is 0 Å². The third kappa shape index (κ3) is 3.49. The lowest BCUT2D eigenvalue weighted by Gasteiger charge is -2.22. The predicted octanol–water partition coefficient (Wildman–Crippen LogP) is 2.13. The number of ether oxygens (including phenoxy) is 1. The molecule has 0 bridgehead atoms. The first kappa shape index (κ1) is 10.7. The average Bonchev–Trinajstić information content (AvgIpc) is 2.14. The van der Waals surface area contributed by atoms with Gasteiger partial charge in [0.1, 0.15) is 0 Å². The summed E-state index contributed by atoms with van der Waals surface area (Å²) >= 11 is 0. The topological polar surface area (TPSA) is 29.5 Å². The third-order valence-corrected chi connectivity index (χ3v) is 2.76. The molecule has 0 fully saturated rings. The average molecular weight is 184 g/mol. The van der Waals surface area contributed by atoms with Crippen molar-refractivity contribution in [3.63, 3.8) is 0 Å². The molecule has 0 aromatic rings. The van der Waals surface area contributed by atoms with Crippen LogP contribution in [-0.2, 0) is 4.74 Å². The van der Waals surface area contributed by atoms with E-state index in [0.29, 0.717) is 5.92 Å². The van der Waals surface area contributed by atoms with Crippen LogP contribution >= 0.6 is 0 Å². The fourth-order valence-corrected chi connectivity index (χ4v) is 1.82. The van der Waals surface area contributed by atoms with Gasteiger partial charge in [-0.1, -0.05) is 18.6 Å². The Bertz CT molecular complexity index is 175. The molecule has 2 heteroatoms. The summed E-state index contributed by atoms with van der Waals surface area (Å²) in [6.07, 6.45) is 6.11. The molecule has 2 atom stereocenters. The molecule has 0 amide bonds. The first-order valence-corrected chi connectivity index (χ1v) is 5.11. The van der Waals surface area contributed by atoms with Gasteiger partial charge in [0.15, 0.2) is 0 Å². The van der Waals surface area contributed by atoms with Crippen molar-refractivity contribution in [3.8, 4) is 0 Å². The fraction of sp³-hybridized carbons (Fsp3) is 0.818. The molecule has 0 aliphatic heterocycles. The summed E-state index contributed by atoms with van der Waals surface area (Å²) in [6.45, 7) is 3.03. The van der Waals surface area contributed by atoms with E-state index in [1.165, 1.54) is 5.57 Å². The number of hydrogen-bond acceptors (Lipinski definition) is 2. The first-order valence-electron chi connectivity index (χ1n) is 5.11. The number of aliphatic hydroxyl groups excluding tert-OH is 1. The van der Waals surface area contributed by atoms with Crippen molar-refractivity contribution in [2.45, 2.75) is 38.7 Å². The highest BCUT2D eigenvalue weighted by atomic mass is 16.5. The molecule has 1 aliphatic rings. The molecule has 0 heterocycles. The highest BCUT2D eigenvalue weighted by Gasteiger charge is 2.15. The van der Waals surface area contributed by atoms with Crippen molar-refractivity contribution >= 4 is 0 Å². The van der Waals surface area contributed by atoms with Crippen molar-refractivity contribution in [2.24, 2.45) is 5.92 Å². The van der Waals surface area contributed by atoms with Crippen LogP contribution < -0.4 is 0 Å². The van der Waals surface area contributed by atoms with Crippen LogP contribution in [0.5, 0.6) is 0 Å². The van der Waals surface area contributed by atoms with Gasteiger partial charge in [-0.2, -0.15) is 0 Å². The highest BCUT2D eigenvalue weighted by Crippen LogP contribution is 2.26. The first-order chi connectivity index (χ1) is 6.24. The molecule has 76 valence electrons. The van der Waals surface area contributed by atoms with E-state index in [2.05, 4.69) is 6.92 Å². The second kappa shape index (κ2) is 5.40. The molecule has 2 unspecified atom stereocenters. The number of allylic oxidation sites excluding steroid dienone is 1. The standard InChI is InChI=1S/C11H20O2/c1-9(6-7-13-2)10-4-3-5-11(12)8-10/h8-9,11-12H,3-7H2,1-2H3. The summed E-state index contributed by atoms with van der Waals surface area (Å²) in [5.74, 6) is 0.565. The molecule has 0 aromatic carbocycles. The van der Waals surface area contributed by atoms with Crippen LogP contribution in [0.15, 0.2) is 11.6 Å². The lowest BCUT2D eigenvalue weighted by atomic mass is 9.87. The number of hydrogen-bond donors (Lipinski definition) is 1. The molecular formula is C11H20O2. The van der Waals surface area contributed by atoms with Crippen LogP contribution in [0, 0.1) is 5.92 Å². The van der Waals surface area contributed by atoms with Crippen molar-refractivity contribution < 1.29 is 9.84 Å². The Balaban J connectivity index is 2.40. The Kier molecular flexibility index (Phi) is 4.46. The van der Waals surface area contributed by atoms with Gasteiger partial charge in [-0.05, 0) is 31.6 Å². The number of methoxy groups -OCH3 is 1. The Morgan fingerprint density at radius 2 is 2.46 bits per heavy atom. The van der Waals surface area contributed by atoms with E-state index in [-0.39, 0.29) is 6.10 Å². The monoisotopic (exact) mass is 184 g/mol. The maximum Gasteiger partial charge on any atom is 0.0723 e. The van der Waals surface area contributed by atoms with Gasteiger partial charge in [-0.15, -0.1) is 0 Å². The summed E-state index contributed by atoms with van der Waals surface area (Å²) in [5, 5.41) is 9.45. The molecule has 0 spiro atoms. The SMILES string of the molecule is COCCC(C)C1=CC(O)CCC1. The fourth-order valence-electron chi connectivity index (χ4n) is 1.82. The van der Waals surface area contributed by atoms with Gasteiger partial charge in [-0.3, -0.25) is 0 Å². The zero-order valence-corrected chi connectivity index (χ0v) is 8.62. The van der Waals surface area contributed by atoms with Crippen LogP contribution in [-0.4, -0.2) is 24.9 Å². The minimum atomic E-state index is -0.200. The maximum absolute atomic E-state index is 9.45. The normalized spacial score (nSPS) is 25.5. The molecule has 0 aromatic heterocycles. The van der Waals surface area contributed by atoms with Crippen LogP contribution in [0.1, 0.15) is 32.6 Å². The highest BCUT2D eigenvalue weighted by molar-refractivity contribution is 5.11. The van der Waals surface area contributed by atoms with Crippen molar-refractivity contribution in [3.05, 3.63) is 11.6 Å². The Labute approximate surface area is 80.6 Å². The summed E-state index contributed by atoms with van der Waals surface area (Å²) < 4.78 is 5.04. The molecule has 1 aliphatic carbocycles. The van der Waals surface area contributed by atoms with Crippen LogP contribution in [0.3, 0.4) is 0 Å². The molecule has 13 heavy (non-hydrogen) atoms. The molecule has 0 saturated heterocycles. The van der Waals surface area contributed by atoms with E-state index in [0.717, 1.165) is 32.3 Å². The minimum absolute atomic E-state index is 0.200. The van der Waals surface area contributed by atoms with Gasteiger partial charge in [0.2, 0.25) is 0 Å². The second-order valence-corrected chi connectivity index (χ2v) is 3.88. The number of aliphatic hydroxyl groups is 1. The van der Waals surface area contributed by atoms with E-state index < -0.39 is 0 Å². The maximum atomic E-state index is 9.45. The lowest BCUT2D eigenvalue weighted by molar-refractivity contribution is 0.179. The zero-order chi connectivity index (χ0) is 9.68. The molecule has 0 radical (unpaired) electrons. The van der Waals surface area contributed by atoms with Crippen molar-refractivity contribution in [2.75, 3.05) is 13.7 Å². The van der Waals surface area contributed by atoms with E-state index in [9.17, 15) is 5.11 Å². The molecule has 0 saturated carbocycles. The smallest absolute Gasteiger partial charge is 0.0723 e. The third-order valence-electron chi connectivity index (χ3n) is 2.76. The van der Waals surface area contributed by atoms with Crippen molar-refractivity contribution in [1.29, 1.82) is 0 Å². The van der Waals surface area contributed by atoms with E-state index in [1.54, 1.807) is 7.11 Å². The van der Waals surface area contributed by atoms with Crippen LogP contribution in [0.4, 0.5) is 0 Å².